The van der Waals surface area contributed by atoms with Crippen LogP contribution in [0.4, 0.5) is 5.69 Å². The molecule has 9 heteroatoms. The Morgan fingerprint density at radius 3 is 2.81 bits per heavy atom. The second kappa shape index (κ2) is 12.8. The Morgan fingerprint density at radius 2 is 2.05 bits per heavy atom. The van der Waals surface area contributed by atoms with E-state index >= 15 is 0 Å². The quantitative estimate of drug-likeness (QED) is 0.454. The third-order valence-electron chi connectivity index (χ3n) is 10.9. The molecular formula is C33H51N7O2. The average molecular weight is 578 g/mol. The van der Waals surface area contributed by atoms with Gasteiger partial charge < -0.3 is 19.3 Å². The summed E-state index contributed by atoms with van der Waals surface area (Å²) in [5, 5.41) is 17.5. The number of likely N-dealkylation sites (tertiary alicyclic amines) is 1. The molecule has 1 aliphatic carbocycles. The van der Waals surface area contributed by atoms with E-state index in [0.717, 1.165) is 64.5 Å². The van der Waals surface area contributed by atoms with Crippen LogP contribution in [0, 0.1) is 22.7 Å². The highest BCUT2D eigenvalue weighted by Crippen LogP contribution is 2.50. The van der Waals surface area contributed by atoms with Gasteiger partial charge in [0.1, 0.15) is 5.75 Å². The van der Waals surface area contributed by atoms with Crippen molar-refractivity contribution in [2.24, 2.45) is 11.3 Å². The lowest BCUT2D eigenvalue weighted by atomic mass is 9.62. The molecule has 0 radical (unpaired) electrons. The van der Waals surface area contributed by atoms with Gasteiger partial charge in [0.05, 0.1) is 38.1 Å². The SMILES string of the molecule is C=CCN1CCN(C2NC(OCC3CCCN3C)NC3C[C@@]4(CCC32)Cc2cccc(OC)c2N(C)C4)CC1CC#N. The summed E-state index contributed by atoms with van der Waals surface area (Å²) in [6, 6.07) is 10.1. The van der Waals surface area contributed by atoms with Gasteiger partial charge in [-0.1, -0.05) is 18.2 Å². The van der Waals surface area contributed by atoms with Gasteiger partial charge in [-0.3, -0.25) is 20.4 Å². The van der Waals surface area contributed by atoms with Crippen LogP contribution in [0.2, 0.25) is 0 Å². The number of para-hydroxylation sites is 1. The second-order valence-corrected chi connectivity index (χ2v) is 13.6. The zero-order chi connectivity index (χ0) is 29.3. The van der Waals surface area contributed by atoms with Gasteiger partial charge in [-0.05, 0) is 69.2 Å². The van der Waals surface area contributed by atoms with Crippen LogP contribution in [0.15, 0.2) is 30.9 Å². The summed E-state index contributed by atoms with van der Waals surface area (Å²) in [5.41, 5.74) is 2.89. The smallest absolute Gasteiger partial charge is 0.164 e. The Labute approximate surface area is 252 Å². The van der Waals surface area contributed by atoms with Gasteiger partial charge in [0.25, 0.3) is 0 Å². The molecule has 3 saturated heterocycles. The number of piperazine rings is 1. The predicted octanol–water partition coefficient (Wildman–Crippen LogP) is 2.84. The Bertz CT molecular complexity index is 1140. The molecule has 5 aliphatic rings. The fraction of sp³-hybridized carbons (Fsp3) is 0.727. The molecule has 42 heavy (non-hydrogen) atoms. The molecule has 4 heterocycles. The van der Waals surface area contributed by atoms with Gasteiger partial charge in [0.2, 0.25) is 0 Å². The highest BCUT2D eigenvalue weighted by atomic mass is 16.5. The van der Waals surface area contributed by atoms with Crippen LogP contribution in [0.25, 0.3) is 0 Å². The van der Waals surface area contributed by atoms with E-state index in [1.54, 1.807) is 7.11 Å². The molecular weight excluding hydrogens is 526 g/mol. The molecule has 0 aromatic heterocycles. The van der Waals surface area contributed by atoms with Crippen molar-refractivity contribution in [1.82, 2.24) is 25.3 Å². The molecule has 1 saturated carbocycles. The Morgan fingerprint density at radius 1 is 1.17 bits per heavy atom. The minimum atomic E-state index is -0.172. The molecule has 2 N–H and O–H groups in total. The Hall–Kier alpha value is -2.19. The number of benzene rings is 1. The van der Waals surface area contributed by atoms with Crippen molar-refractivity contribution in [2.45, 2.75) is 75.6 Å². The number of nitrogens with one attached hydrogen (secondary N) is 2. The van der Waals surface area contributed by atoms with E-state index in [-0.39, 0.29) is 24.0 Å². The molecule has 1 aromatic carbocycles. The van der Waals surface area contributed by atoms with Crippen molar-refractivity contribution in [3.8, 4) is 11.8 Å². The Kier molecular flexibility index (Phi) is 9.11. The van der Waals surface area contributed by atoms with Crippen LogP contribution in [-0.4, -0.2) is 112 Å². The van der Waals surface area contributed by atoms with Crippen LogP contribution >= 0.6 is 0 Å². The highest BCUT2D eigenvalue weighted by Gasteiger charge is 2.50. The number of hydrogen-bond acceptors (Lipinski definition) is 9. The number of fused-ring (bicyclic) bond motifs is 2. The fourth-order valence-corrected chi connectivity index (χ4v) is 8.87. The largest absolute Gasteiger partial charge is 0.495 e. The molecule has 6 unspecified atom stereocenters. The number of nitrogens with zero attached hydrogens (tertiary/aromatic N) is 5. The lowest BCUT2D eigenvalue weighted by Gasteiger charge is -2.57. The van der Waals surface area contributed by atoms with Gasteiger partial charge in [0, 0.05) is 63.8 Å². The van der Waals surface area contributed by atoms with Crippen LogP contribution in [0.1, 0.15) is 44.1 Å². The first-order valence-electron chi connectivity index (χ1n) is 16.1. The number of likely N-dealkylation sites (N-methyl/N-ethyl adjacent to an activating group) is 1. The maximum absolute atomic E-state index is 9.61. The van der Waals surface area contributed by atoms with E-state index in [0.29, 0.717) is 24.4 Å². The summed E-state index contributed by atoms with van der Waals surface area (Å²) in [6.45, 7) is 10.6. The van der Waals surface area contributed by atoms with Gasteiger partial charge in [-0.2, -0.15) is 5.26 Å². The van der Waals surface area contributed by atoms with E-state index in [1.807, 2.05) is 6.08 Å². The molecule has 0 amide bonds. The molecule has 9 nitrogen and oxygen atoms in total. The van der Waals surface area contributed by atoms with Crippen molar-refractivity contribution in [2.75, 3.05) is 72.0 Å². The average Bonchev–Trinajstić information content (AvgIpc) is 3.40. The number of anilines is 1. The highest BCUT2D eigenvalue weighted by molar-refractivity contribution is 5.65. The normalized spacial score (nSPS) is 35.9. The molecule has 4 aliphatic heterocycles. The summed E-state index contributed by atoms with van der Waals surface area (Å²) in [4.78, 5) is 9.93. The van der Waals surface area contributed by atoms with Crippen molar-refractivity contribution in [3.63, 3.8) is 0 Å². The molecule has 230 valence electrons. The predicted molar refractivity (Wildman–Crippen MR) is 166 cm³/mol. The number of rotatable bonds is 8. The van der Waals surface area contributed by atoms with E-state index < -0.39 is 0 Å². The van der Waals surface area contributed by atoms with Crippen molar-refractivity contribution >= 4 is 5.69 Å². The minimum Gasteiger partial charge on any atom is -0.495 e. The molecule has 0 bridgehead atoms. The van der Waals surface area contributed by atoms with E-state index in [2.05, 4.69) is 75.2 Å². The first-order valence-corrected chi connectivity index (χ1v) is 16.1. The third-order valence-corrected chi connectivity index (χ3v) is 10.9. The van der Waals surface area contributed by atoms with Crippen molar-refractivity contribution < 1.29 is 9.47 Å². The summed E-state index contributed by atoms with van der Waals surface area (Å²) in [5.74, 6) is 1.47. The monoisotopic (exact) mass is 577 g/mol. The molecule has 7 atom stereocenters. The maximum Gasteiger partial charge on any atom is 0.164 e. The Balaban J connectivity index is 1.22. The molecule has 1 spiro atoms. The van der Waals surface area contributed by atoms with Crippen molar-refractivity contribution in [1.29, 1.82) is 5.26 Å². The van der Waals surface area contributed by atoms with E-state index in [4.69, 9.17) is 9.47 Å². The summed E-state index contributed by atoms with van der Waals surface area (Å²) in [6.07, 6.45) is 9.67. The number of ether oxygens (including phenoxy) is 2. The first-order chi connectivity index (χ1) is 20.4. The van der Waals surface area contributed by atoms with Crippen LogP contribution in [0.5, 0.6) is 5.75 Å². The zero-order valence-corrected chi connectivity index (χ0v) is 25.9. The minimum absolute atomic E-state index is 0.172. The molecule has 1 aromatic rings. The third kappa shape index (κ3) is 5.95. The van der Waals surface area contributed by atoms with E-state index in [1.165, 1.54) is 36.9 Å². The van der Waals surface area contributed by atoms with Crippen LogP contribution in [-0.2, 0) is 11.2 Å². The maximum atomic E-state index is 9.61. The molecule has 4 fully saturated rings. The van der Waals surface area contributed by atoms with Crippen LogP contribution in [0.3, 0.4) is 0 Å². The summed E-state index contributed by atoms with van der Waals surface area (Å²) < 4.78 is 12.4. The summed E-state index contributed by atoms with van der Waals surface area (Å²) in [7, 11) is 6.23. The lowest BCUT2D eigenvalue weighted by Crippen LogP contribution is -2.72. The van der Waals surface area contributed by atoms with Gasteiger partial charge >= 0.3 is 0 Å². The topological polar surface area (TPSA) is 79.3 Å². The lowest BCUT2D eigenvalue weighted by molar-refractivity contribution is -0.114. The summed E-state index contributed by atoms with van der Waals surface area (Å²) >= 11 is 0. The number of methoxy groups -OCH3 is 1. The van der Waals surface area contributed by atoms with E-state index in [9.17, 15) is 5.26 Å². The zero-order valence-electron chi connectivity index (χ0n) is 25.9. The second-order valence-electron chi connectivity index (χ2n) is 13.6. The number of nitriles is 1. The van der Waals surface area contributed by atoms with Crippen LogP contribution < -0.4 is 20.3 Å². The van der Waals surface area contributed by atoms with Gasteiger partial charge in [-0.25, -0.2) is 0 Å². The number of hydrogen-bond donors (Lipinski definition) is 2. The van der Waals surface area contributed by atoms with Gasteiger partial charge in [-0.15, -0.1) is 6.58 Å². The van der Waals surface area contributed by atoms with Gasteiger partial charge in [0.15, 0.2) is 6.35 Å². The molecule has 6 rings (SSSR count). The fourth-order valence-electron chi connectivity index (χ4n) is 8.87. The standard InChI is InChI=1S/C33H51N7O2/c1-5-15-39-17-18-40(21-25(39)12-14-34)31-27-11-13-33(19-24-8-6-10-29(41-4)30(24)38(3)23-33)20-28(27)35-32(36-31)42-22-26-9-7-16-37(26)2/h5-6,8,10,25-28,31-32,35-36H,1,7,9,11-13,15-23H2,2-4H3/t25?,26?,27?,28?,31?,32?,33-/m1/s1. The van der Waals surface area contributed by atoms with Crippen molar-refractivity contribution in [3.05, 3.63) is 36.4 Å². The first kappa shape index (κ1) is 29.9.